The third-order valence-corrected chi connectivity index (χ3v) is 5.07. The Bertz CT molecular complexity index is 721. The van der Waals surface area contributed by atoms with Gasteiger partial charge in [-0.1, -0.05) is 0 Å². The van der Waals surface area contributed by atoms with E-state index in [1.54, 1.807) is 6.33 Å². The van der Waals surface area contributed by atoms with Crippen LogP contribution in [0.1, 0.15) is 36.0 Å². The summed E-state index contributed by atoms with van der Waals surface area (Å²) in [5.41, 5.74) is 0.894. The smallest absolute Gasteiger partial charge is 0.348 e. The highest BCUT2D eigenvalue weighted by atomic mass is 32.1. The highest BCUT2D eigenvalue weighted by Crippen LogP contribution is 2.36. The number of ether oxygens (including phenoxy) is 2. The third-order valence-electron chi connectivity index (χ3n) is 3.89. The SMILES string of the molecule is CCOC(=O)c1sc2ncnc(N3C[C@@H](C)O[C@H](C)C3)c2c1C. The van der Waals surface area contributed by atoms with Crippen LogP contribution in [0.5, 0.6) is 0 Å². The van der Waals surface area contributed by atoms with E-state index in [2.05, 4.69) is 28.7 Å². The first kappa shape index (κ1) is 16.1. The summed E-state index contributed by atoms with van der Waals surface area (Å²) in [5.74, 6) is 0.587. The molecule has 2 aromatic rings. The second-order valence-electron chi connectivity index (χ2n) is 5.82. The van der Waals surface area contributed by atoms with E-state index < -0.39 is 0 Å². The summed E-state index contributed by atoms with van der Waals surface area (Å²) in [6.07, 6.45) is 1.85. The Morgan fingerprint density at radius 2 is 2.09 bits per heavy atom. The Kier molecular flexibility index (Phi) is 4.50. The average molecular weight is 335 g/mol. The van der Waals surface area contributed by atoms with Crippen molar-refractivity contribution in [1.29, 1.82) is 0 Å². The van der Waals surface area contributed by atoms with Gasteiger partial charge in [0.05, 0.1) is 24.2 Å². The number of fused-ring (bicyclic) bond motifs is 1. The topological polar surface area (TPSA) is 64.5 Å². The number of hydrogen-bond acceptors (Lipinski definition) is 7. The van der Waals surface area contributed by atoms with Crippen LogP contribution in [0.25, 0.3) is 10.2 Å². The van der Waals surface area contributed by atoms with Gasteiger partial charge in [-0.2, -0.15) is 0 Å². The lowest BCUT2D eigenvalue weighted by Crippen LogP contribution is -2.46. The maximum atomic E-state index is 12.1. The van der Waals surface area contributed by atoms with Crippen LogP contribution in [0.3, 0.4) is 0 Å². The second kappa shape index (κ2) is 6.41. The van der Waals surface area contributed by atoms with Crippen molar-refractivity contribution >= 4 is 33.3 Å². The Morgan fingerprint density at radius 1 is 1.39 bits per heavy atom. The Labute approximate surface area is 139 Å². The number of anilines is 1. The van der Waals surface area contributed by atoms with E-state index >= 15 is 0 Å². The van der Waals surface area contributed by atoms with Gasteiger partial charge < -0.3 is 14.4 Å². The van der Waals surface area contributed by atoms with Crippen molar-refractivity contribution in [3.63, 3.8) is 0 Å². The molecule has 3 heterocycles. The monoisotopic (exact) mass is 335 g/mol. The van der Waals surface area contributed by atoms with E-state index in [1.165, 1.54) is 11.3 Å². The lowest BCUT2D eigenvalue weighted by atomic mass is 10.1. The van der Waals surface area contributed by atoms with E-state index in [9.17, 15) is 4.79 Å². The maximum Gasteiger partial charge on any atom is 0.348 e. The van der Waals surface area contributed by atoms with Crippen molar-refractivity contribution in [2.24, 2.45) is 0 Å². The molecule has 0 unspecified atom stereocenters. The van der Waals surface area contributed by atoms with Crippen molar-refractivity contribution in [2.45, 2.75) is 39.9 Å². The molecule has 6 nitrogen and oxygen atoms in total. The molecular weight excluding hydrogens is 314 g/mol. The van der Waals surface area contributed by atoms with E-state index in [-0.39, 0.29) is 18.2 Å². The number of aromatic nitrogens is 2. The maximum absolute atomic E-state index is 12.1. The van der Waals surface area contributed by atoms with Crippen LogP contribution >= 0.6 is 11.3 Å². The predicted molar refractivity (Wildman–Crippen MR) is 90.3 cm³/mol. The van der Waals surface area contributed by atoms with E-state index in [4.69, 9.17) is 9.47 Å². The molecule has 0 aliphatic carbocycles. The van der Waals surface area contributed by atoms with E-state index in [0.29, 0.717) is 11.5 Å². The van der Waals surface area contributed by atoms with Crippen LogP contribution in [0.4, 0.5) is 5.82 Å². The van der Waals surface area contributed by atoms with Crippen LogP contribution in [0.2, 0.25) is 0 Å². The van der Waals surface area contributed by atoms with Crippen molar-refractivity contribution < 1.29 is 14.3 Å². The highest BCUT2D eigenvalue weighted by molar-refractivity contribution is 7.20. The minimum atomic E-state index is -0.289. The van der Waals surface area contributed by atoms with Gasteiger partial charge in [0.1, 0.15) is 21.9 Å². The molecule has 0 radical (unpaired) electrons. The summed E-state index contributed by atoms with van der Waals surface area (Å²) in [6, 6.07) is 0. The van der Waals surface area contributed by atoms with Gasteiger partial charge in [-0.15, -0.1) is 11.3 Å². The second-order valence-corrected chi connectivity index (χ2v) is 6.82. The van der Waals surface area contributed by atoms with Crippen LogP contribution in [0, 0.1) is 6.92 Å². The first-order valence-electron chi connectivity index (χ1n) is 7.82. The van der Waals surface area contributed by atoms with Gasteiger partial charge in [0.2, 0.25) is 0 Å². The largest absolute Gasteiger partial charge is 0.462 e. The molecule has 1 saturated heterocycles. The summed E-state index contributed by atoms with van der Waals surface area (Å²) in [4.78, 5) is 24.6. The molecule has 1 aliphatic heterocycles. The molecule has 2 atom stereocenters. The molecule has 0 N–H and O–H groups in total. The molecule has 1 fully saturated rings. The summed E-state index contributed by atoms with van der Waals surface area (Å²) in [7, 11) is 0. The molecule has 1 aliphatic rings. The average Bonchev–Trinajstić information content (AvgIpc) is 2.84. The number of morpholine rings is 1. The van der Waals surface area contributed by atoms with Gasteiger partial charge in [0.15, 0.2) is 0 Å². The first-order chi connectivity index (χ1) is 11.0. The first-order valence-corrected chi connectivity index (χ1v) is 8.64. The number of nitrogens with zero attached hydrogens (tertiary/aromatic N) is 3. The zero-order valence-corrected chi connectivity index (χ0v) is 14.6. The van der Waals surface area contributed by atoms with Crippen molar-refractivity contribution in [2.75, 3.05) is 24.6 Å². The Balaban J connectivity index is 2.06. The fourth-order valence-electron chi connectivity index (χ4n) is 3.03. The third kappa shape index (κ3) is 3.03. The zero-order chi connectivity index (χ0) is 16.6. The van der Waals surface area contributed by atoms with Gasteiger partial charge in [-0.05, 0) is 33.3 Å². The minimum absolute atomic E-state index is 0.146. The lowest BCUT2D eigenvalue weighted by molar-refractivity contribution is -0.00538. The molecular formula is C16H21N3O3S. The summed E-state index contributed by atoms with van der Waals surface area (Å²) >= 11 is 1.37. The molecule has 3 rings (SSSR count). The fourth-order valence-corrected chi connectivity index (χ4v) is 4.07. The summed E-state index contributed by atoms with van der Waals surface area (Å²) in [6.45, 7) is 9.79. The van der Waals surface area contributed by atoms with Crippen molar-refractivity contribution in [3.8, 4) is 0 Å². The van der Waals surface area contributed by atoms with Gasteiger partial charge in [0, 0.05) is 13.1 Å². The number of rotatable bonds is 3. The van der Waals surface area contributed by atoms with Crippen molar-refractivity contribution in [3.05, 3.63) is 16.8 Å². The van der Waals surface area contributed by atoms with Crippen LogP contribution in [0.15, 0.2) is 6.33 Å². The number of esters is 1. The standard InChI is InChI=1S/C16H21N3O3S/c1-5-21-16(20)13-11(4)12-14(17-8-18-15(12)23-13)19-6-9(2)22-10(3)7-19/h8-10H,5-7H2,1-4H3/t9-,10-/m1/s1. The predicted octanol–water partition coefficient (Wildman–Crippen LogP) is 2.79. The van der Waals surface area contributed by atoms with Crippen LogP contribution < -0.4 is 4.90 Å². The van der Waals surface area contributed by atoms with Crippen molar-refractivity contribution in [1.82, 2.24) is 9.97 Å². The minimum Gasteiger partial charge on any atom is -0.462 e. The molecule has 0 saturated carbocycles. The normalized spacial score (nSPS) is 21.7. The zero-order valence-electron chi connectivity index (χ0n) is 13.8. The van der Waals surface area contributed by atoms with Gasteiger partial charge in [0.25, 0.3) is 0 Å². The number of thiophene rings is 1. The summed E-state index contributed by atoms with van der Waals surface area (Å²) in [5, 5.41) is 0.946. The number of aryl methyl sites for hydroxylation is 1. The number of carbonyl (C=O) groups is 1. The highest BCUT2D eigenvalue weighted by Gasteiger charge is 2.27. The Hall–Kier alpha value is -1.73. The lowest BCUT2D eigenvalue weighted by Gasteiger charge is -2.36. The Morgan fingerprint density at radius 3 is 2.74 bits per heavy atom. The quantitative estimate of drug-likeness (QED) is 0.804. The van der Waals surface area contributed by atoms with Crippen LogP contribution in [-0.2, 0) is 9.47 Å². The van der Waals surface area contributed by atoms with E-state index in [1.807, 2.05) is 13.8 Å². The van der Waals surface area contributed by atoms with Crippen LogP contribution in [-0.4, -0.2) is 47.8 Å². The van der Waals surface area contributed by atoms with E-state index in [0.717, 1.165) is 34.7 Å². The molecule has 0 aromatic carbocycles. The molecule has 23 heavy (non-hydrogen) atoms. The molecule has 0 amide bonds. The fraction of sp³-hybridized carbons (Fsp3) is 0.562. The molecule has 124 valence electrons. The summed E-state index contributed by atoms with van der Waals surface area (Å²) < 4.78 is 10.9. The van der Waals surface area contributed by atoms with Gasteiger partial charge in [-0.25, -0.2) is 14.8 Å². The number of hydrogen-bond donors (Lipinski definition) is 0. The van der Waals surface area contributed by atoms with Gasteiger partial charge >= 0.3 is 5.97 Å². The molecule has 2 aromatic heterocycles. The molecule has 0 bridgehead atoms. The van der Waals surface area contributed by atoms with Gasteiger partial charge in [-0.3, -0.25) is 0 Å². The molecule has 0 spiro atoms. The number of carbonyl (C=O) groups excluding carboxylic acids is 1. The molecule has 7 heteroatoms.